The van der Waals surface area contributed by atoms with Gasteiger partial charge in [-0.25, -0.2) is 9.98 Å². The normalized spacial score (nSPS) is 11.1. The molecule has 0 aliphatic heterocycles. The first-order valence-corrected chi connectivity index (χ1v) is 9.86. The lowest BCUT2D eigenvalue weighted by atomic mass is 10.3. The minimum Gasteiger partial charge on any atom is -0.469 e. The average Bonchev–Trinajstić information content (AvgIpc) is 3.41. The third kappa shape index (κ3) is 7.69. The van der Waals surface area contributed by atoms with E-state index in [0.717, 1.165) is 50.0 Å². The molecular formula is C21H30IN7O. The number of anilines is 1. The summed E-state index contributed by atoms with van der Waals surface area (Å²) in [5.41, 5.74) is 1.22. The topological polar surface area (TPSA) is 83.5 Å². The van der Waals surface area contributed by atoms with Gasteiger partial charge in [0, 0.05) is 45.8 Å². The molecule has 3 rings (SSSR count). The molecule has 9 heteroatoms. The summed E-state index contributed by atoms with van der Waals surface area (Å²) in [6, 6.07) is 14.3. The Hall–Kier alpha value is -2.56. The van der Waals surface area contributed by atoms with Crippen LogP contribution in [0.1, 0.15) is 18.0 Å². The molecule has 0 aliphatic rings. The lowest BCUT2D eigenvalue weighted by Gasteiger charge is -2.19. The lowest BCUT2D eigenvalue weighted by molar-refractivity contribution is 0.506. The Morgan fingerprint density at radius 3 is 2.63 bits per heavy atom. The summed E-state index contributed by atoms with van der Waals surface area (Å²) in [6.45, 7) is 2.99. The Morgan fingerprint density at radius 1 is 1.13 bits per heavy atom. The van der Waals surface area contributed by atoms with Crippen LogP contribution < -0.4 is 15.5 Å². The summed E-state index contributed by atoms with van der Waals surface area (Å²) >= 11 is 0. The number of rotatable bonds is 10. The van der Waals surface area contributed by atoms with Crippen LogP contribution in [0, 0.1) is 0 Å². The number of para-hydroxylation sites is 1. The highest BCUT2D eigenvalue weighted by atomic mass is 127. The van der Waals surface area contributed by atoms with Gasteiger partial charge in [-0.15, -0.1) is 24.0 Å². The van der Waals surface area contributed by atoms with Crippen molar-refractivity contribution in [3.8, 4) is 0 Å². The molecule has 0 atom stereocenters. The number of benzene rings is 1. The fourth-order valence-corrected chi connectivity index (χ4v) is 2.88. The van der Waals surface area contributed by atoms with Gasteiger partial charge in [-0.2, -0.15) is 5.10 Å². The molecular weight excluding hydrogens is 493 g/mol. The van der Waals surface area contributed by atoms with Gasteiger partial charge in [0.1, 0.15) is 24.5 Å². The highest BCUT2D eigenvalue weighted by Crippen LogP contribution is 2.10. The maximum atomic E-state index is 5.39. The number of guanidine groups is 1. The number of hydrogen-bond acceptors (Lipinski definition) is 5. The number of aliphatic imine (C=N–C) groups is 1. The van der Waals surface area contributed by atoms with E-state index in [9.17, 15) is 0 Å². The Kier molecular flexibility index (Phi) is 10.2. The molecule has 0 bridgehead atoms. The van der Waals surface area contributed by atoms with E-state index in [0.29, 0.717) is 6.54 Å². The van der Waals surface area contributed by atoms with E-state index in [-0.39, 0.29) is 24.0 Å². The lowest BCUT2D eigenvalue weighted by Crippen LogP contribution is -2.39. The van der Waals surface area contributed by atoms with Crippen LogP contribution in [0.5, 0.6) is 0 Å². The minimum absolute atomic E-state index is 0. The summed E-state index contributed by atoms with van der Waals surface area (Å²) in [5.74, 6) is 2.54. The molecule has 0 spiro atoms. The highest BCUT2D eigenvalue weighted by Gasteiger charge is 2.04. The maximum absolute atomic E-state index is 5.39. The first-order valence-electron chi connectivity index (χ1n) is 9.86. The van der Waals surface area contributed by atoms with Crippen molar-refractivity contribution in [1.29, 1.82) is 0 Å². The number of furan rings is 1. The Labute approximate surface area is 194 Å². The predicted molar refractivity (Wildman–Crippen MR) is 130 cm³/mol. The molecule has 2 aromatic heterocycles. The molecule has 2 N–H and O–H groups in total. The van der Waals surface area contributed by atoms with Crippen molar-refractivity contribution in [3.05, 3.63) is 66.6 Å². The van der Waals surface area contributed by atoms with Gasteiger partial charge in [-0.1, -0.05) is 18.2 Å². The Morgan fingerprint density at radius 2 is 1.93 bits per heavy atom. The van der Waals surface area contributed by atoms with Gasteiger partial charge in [0.15, 0.2) is 5.96 Å². The molecule has 0 saturated heterocycles. The Balaban J connectivity index is 0.00000320. The van der Waals surface area contributed by atoms with Crippen molar-refractivity contribution in [1.82, 2.24) is 25.4 Å². The summed E-state index contributed by atoms with van der Waals surface area (Å²) in [7, 11) is 3.98. The zero-order valence-corrected chi connectivity index (χ0v) is 19.8. The van der Waals surface area contributed by atoms with Crippen LogP contribution >= 0.6 is 24.0 Å². The smallest absolute Gasteiger partial charge is 0.191 e. The molecule has 0 unspecified atom stereocenters. The second-order valence-electron chi connectivity index (χ2n) is 6.76. The number of aryl methyl sites for hydroxylation is 1. The van der Waals surface area contributed by atoms with E-state index >= 15 is 0 Å². The molecule has 162 valence electrons. The molecule has 0 saturated carbocycles. The predicted octanol–water partition coefficient (Wildman–Crippen LogP) is 2.83. The molecule has 0 aliphatic carbocycles. The van der Waals surface area contributed by atoms with Gasteiger partial charge in [0.25, 0.3) is 0 Å². The molecule has 3 aromatic rings. The van der Waals surface area contributed by atoms with Crippen molar-refractivity contribution in [3.63, 3.8) is 0 Å². The number of nitrogens with zero attached hydrogens (tertiary/aromatic N) is 5. The minimum atomic E-state index is 0. The summed E-state index contributed by atoms with van der Waals surface area (Å²) in [6.07, 6.45) is 5.03. The largest absolute Gasteiger partial charge is 0.469 e. The monoisotopic (exact) mass is 523 g/mol. The molecule has 1 aromatic carbocycles. The van der Waals surface area contributed by atoms with Crippen LogP contribution in [0.25, 0.3) is 0 Å². The SMILES string of the molecule is CN(CCCNC(=NCc1ncnn1C)NCCc1ccco1)c1ccccc1.I. The first kappa shape index (κ1) is 23.7. The van der Waals surface area contributed by atoms with Crippen molar-refractivity contribution < 1.29 is 4.42 Å². The molecule has 30 heavy (non-hydrogen) atoms. The molecule has 8 nitrogen and oxygen atoms in total. The second kappa shape index (κ2) is 12.9. The van der Waals surface area contributed by atoms with Gasteiger partial charge in [-0.3, -0.25) is 4.68 Å². The number of hydrogen-bond donors (Lipinski definition) is 2. The Bertz CT molecular complexity index is 865. The zero-order valence-electron chi connectivity index (χ0n) is 17.5. The van der Waals surface area contributed by atoms with Crippen molar-refractivity contribution >= 4 is 35.6 Å². The van der Waals surface area contributed by atoms with Crippen LogP contribution in [0.2, 0.25) is 0 Å². The van der Waals surface area contributed by atoms with Crippen molar-refractivity contribution in [2.45, 2.75) is 19.4 Å². The van der Waals surface area contributed by atoms with Crippen LogP contribution in [-0.2, 0) is 20.0 Å². The third-order valence-corrected chi connectivity index (χ3v) is 4.59. The van der Waals surface area contributed by atoms with Gasteiger partial charge in [0.05, 0.1) is 6.26 Å². The number of nitrogens with one attached hydrogen (secondary N) is 2. The molecule has 0 radical (unpaired) electrons. The second-order valence-corrected chi connectivity index (χ2v) is 6.76. The van der Waals surface area contributed by atoms with Crippen molar-refractivity contribution in [2.24, 2.45) is 12.0 Å². The molecule has 0 fully saturated rings. The van der Waals surface area contributed by atoms with Gasteiger partial charge < -0.3 is 20.0 Å². The van der Waals surface area contributed by atoms with Gasteiger partial charge in [0.2, 0.25) is 0 Å². The maximum Gasteiger partial charge on any atom is 0.191 e. The molecule has 2 heterocycles. The van der Waals surface area contributed by atoms with Crippen LogP contribution in [0.4, 0.5) is 5.69 Å². The van der Waals surface area contributed by atoms with E-state index in [4.69, 9.17) is 4.42 Å². The summed E-state index contributed by atoms with van der Waals surface area (Å²) < 4.78 is 7.12. The number of halogens is 1. The quantitative estimate of drug-likeness (QED) is 0.184. The standard InChI is InChI=1S/C21H29N7O.HI/c1-27(18-8-4-3-5-9-18)14-7-12-22-21(23-13-11-19-10-6-15-29-19)24-16-20-25-17-26-28(20)2;/h3-6,8-10,15,17H,7,11-14,16H2,1-2H3,(H2,22,23,24);1H. The summed E-state index contributed by atoms with van der Waals surface area (Å²) in [4.78, 5) is 11.1. The summed E-state index contributed by atoms with van der Waals surface area (Å²) in [5, 5.41) is 10.9. The van der Waals surface area contributed by atoms with E-state index in [1.165, 1.54) is 5.69 Å². The van der Waals surface area contributed by atoms with E-state index < -0.39 is 0 Å². The van der Waals surface area contributed by atoms with Crippen molar-refractivity contribution in [2.75, 3.05) is 31.6 Å². The fraction of sp³-hybridized carbons (Fsp3) is 0.381. The van der Waals surface area contributed by atoms with Crippen LogP contribution in [-0.4, -0.2) is 47.4 Å². The van der Waals surface area contributed by atoms with E-state index in [1.807, 2.05) is 25.2 Å². The first-order chi connectivity index (χ1) is 14.2. The highest BCUT2D eigenvalue weighted by molar-refractivity contribution is 14.0. The zero-order chi connectivity index (χ0) is 20.3. The van der Waals surface area contributed by atoms with Gasteiger partial charge >= 0.3 is 0 Å². The van der Waals surface area contributed by atoms with E-state index in [2.05, 4.69) is 61.9 Å². The van der Waals surface area contributed by atoms with Crippen LogP contribution in [0.15, 0.2) is 64.5 Å². The average molecular weight is 523 g/mol. The van der Waals surface area contributed by atoms with Crippen LogP contribution in [0.3, 0.4) is 0 Å². The fourth-order valence-electron chi connectivity index (χ4n) is 2.88. The third-order valence-electron chi connectivity index (χ3n) is 4.59. The molecule has 0 amide bonds. The van der Waals surface area contributed by atoms with E-state index in [1.54, 1.807) is 17.3 Å². The van der Waals surface area contributed by atoms with Gasteiger partial charge in [-0.05, 0) is 30.7 Å². The number of aromatic nitrogens is 3.